The molecule has 1 N–H and O–H groups in total. The van der Waals surface area contributed by atoms with Gasteiger partial charge in [0.2, 0.25) is 0 Å². The summed E-state index contributed by atoms with van der Waals surface area (Å²) in [6, 6.07) is 15.7. The van der Waals surface area contributed by atoms with Gasteiger partial charge in [-0.1, -0.05) is 23.4 Å². The van der Waals surface area contributed by atoms with Gasteiger partial charge in [-0.15, -0.1) is 0 Å². The van der Waals surface area contributed by atoms with E-state index in [9.17, 15) is 9.59 Å². The molecule has 0 atom stereocenters. The smallest absolute Gasteiger partial charge is 0.337 e. The second-order valence-corrected chi connectivity index (χ2v) is 6.05. The summed E-state index contributed by atoms with van der Waals surface area (Å²) in [7, 11) is 3.00. The van der Waals surface area contributed by atoms with Gasteiger partial charge in [-0.2, -0.15) is 4.98 Å². The molecule has 2 amide bonds. The third kappa shape index (κ3) is 4.73. The minimum absolute atomic E-state index is 0.280. The first-order valence-electron chi connectivity index (χ1n) is 8.65. The van der Waals surface area contributed by atoms with E-state index >= 15 is 0 Å². The summed E-state index contributed by atoms with van der Waals surface area (Å²) in [5.74, 6) is 0.555. The van der Waals surface area contributed by atoms with E-state index in [0.29, 0.717) is 35.9 Å². The van der Waals surface area contributed by atoms with Crippen LogP contribution < -0.4 is 5.32 Å². The van der Waals surface area contributed by atoms with E-state index in [0.717, 1.165) is 5.56 Å². The number of likely N-dealkylation sites (N-methyl/N-ethyl adjacent to an activating group) is 1. The number of nitrogens with zero attached hydrogens (tertiary/aromatic N) is 3. The van der Waals surface area contributed by atoms with E-state index in [1.54, 1.807) is 31.3 Å². The molecule has 0 saturated heterocycles. The van der Waals surface area contributed by atoms with Crippen LogP contribution in [0.15, 0.2) is 59.1 Å². The summed E-state index contributed by atoms with van der Waals surface area (Å²) in [5, 5.41) is 6.72. The van der Waals surface area contributed by atoms with Crippen molar-refractivity contribution in [3.63, 3.8) is 0 Å². The molecule has 1 aromatic heterocycles. The molecule has 1 heterocycles. The lowest BCUT2D eigenvalue weighted by molar-refractivity contribution is 0.0600. The number of anilines is 1. The number of aromatic nitrogens is 2. The maximum Gasteiger partial charge on any atom is 0.337 e. The highest BCUT2D eigenvalue weighted by Gasteiger charge is 2.13. The average molecular weight is 380 g/mol. The molecule has 0 bridgehead atoms. The molecule has 0 aliphatic rings. The minimum Gasteiger partial charge on any atom is -0.465 e. The number of hydrogen-bond acceptors (Lipinski definition) is 6. The molecule has 3 aromatic rings. The van der Waals surface area contributed by atoms with E-state index < -0.39 is 5.97 Å². The van der Waals surface area contributed by atoms with Crippen molar-refractivity contribution in [3.05, 3.63) is 66.0 Å². The minimum atomic E-state index is -0.426. The van der Waals surface area contributed by atoms with E-state index in [1.165, 1.54) is 12.0 Å². The van der Waals surface area contributed by atoms with Crippen molar-refractivity contribution in [1.82, 2.24) is 15.0 Å². The Labute approximate surface area is 162 Å². The zero-order valence-electron chi connectivity index (χ0n) is 15.6. The average Bonchev–Trinajstić information content (AvgIpc) is 3.21. The number of methoxy groups -OCH3 is 1. The highest BCUT2D eigenvalue weighted by molar-refractivity contribution is 5.92. The number of urea groups is 1. The zero-order valence-corrected chi connectivity index (χ0v) is 15.6. The molecular formula is C20H20N4O4. The van der Waals surface area contributed by atoms with Crippen LogP contribution in [0.2, 0.25) is 0 Å². The van der Waals surface area contributed by atoms with Crippen molar-refractivity contribution < 1.29 is 18.8 Å². The molecule has 0 aliphatic heterocycles. The Bertz CT molecular complexity index is 938. The molecule has 0 aliphatic carbocycles. The summed E-state index contributed by atoms with van der Waals surface area (Å²) in [5.41, 5.74) is 1.85. The summed E-state index contributed by atoms with van der Waals surface area (Å²) < 4.78 is 9.91. The predicted molar refractivity (Wildman–Crippen MR) is 103 cm³/mol. The Morgan fingerprint density at radius 2 is 1.82 bits per heavy atom. The Hall–Kier alpha value is -3.68. The summed E-state index contributed by atoms with van der Waals surface area (Å²) in [4.78, 5) is 29.6. The van der Waals surface area contributed by atoms with Gasteiger partial charge in [-0.3, -0.25) is 0 Å². The molecule has 144 valence electrons. The SMILES string of the molecule is COC(=O)c1ccc(NC(=O)N(C)CCc2noc(-c3ccccc3)n2)cc1. The monoisotopic (exact) mass is 380 g/mol. The van der Waals surface area contributed by atoms with E-state index in [4.69, 9.17) is 4.52 Å². The van der Waals surface area contributed by atoms with Gasteiger partial charge in [-0.05, 0) is 36.4 Å². The standard InChI is InChI=1S/C20H20N4O4/c1-24(20(26)21-16-10-8-15(9-11-16)19(25)27-2)13-12-17-22-18(28-23-17)14-6-4-3-5-7-14/h3-11H,12-13H2,1-2H3,(H,21,26). The van der Waals surface area contributed by atoms with Gasteiger partial charge in [0.15, 0.2) is 5.82 Å². The Morgan fingerprint density at radius 1 is 1.11 bits per heavy atom. The van der Waals surface area contributed by atoms with Crippen molar-refractivity contribution in [2.75, 3.05) is 26.0 Å². The van der Waals surface area contributed by atoms with Crippen molar-refractivity contribution >= 4 is 17.7 Å². The topological polar surface area (TPSA) is 97.6 Å². The number of benzene rings is 2. The third-order valence-electron chi connectivity index (χ3n) is 4.06. The number of carbonyl (C=O) groups excluding carboxylic acids is 2. The van der Waals surface area contributed by atoms with Crippen LogP contribution in [0, 0.1) is 0 Å². The molecule has 3 rings (SSSR count). The predicted octanol–water partition coefficient (Wildman–Crippen LogP) is 3.23. The Kier molecular flexibility index (Phi) is 6.01. The fraction of sp³-hybridized carbons (Fsp3) is 0.200. The molecule has 0 spiro atoms. The maximum absolute atomic E-state index is 12.3. The van der Waals surface area contributed by atoms with Gasteiger partial charge in [0, 0.05) is 31.3 Å². The van der Waals surface area contributed by atoms with Crippen molar-refractivity contribution in [3.8, 4) is 11.5 Å². The lowest BCUT2D eigenvalue weighted by Gasteiger charge is -2.17. The number of amides is 2. The zero-order chi connectivity index (χ0) is 19.9. The molecule has 2 aromatic carbocycles. The Balaban J connectivity index is 1.52. The highest BCUT2D eigenvalue weighted by Crippen LogP contribution is 2.16. The molecule has 0 unspecified atom stereocenters. The number of rotatable bonds is 6. The molecule has 8 heteroatoms. The van der Waals surface area contributed by atoms with Crippen LogP contribution in [-0.4, -0.2) is 47.7 Å². The van der Waals surface area contributed by atoms with Gasteiger partial charge in [0.1, 0.15) is 0 Å². The molecule has 8 nitrogen and oxygen atoms in total. The van der Waals surface area contributed by atoms with Crippen LogP contribution in [0.1, 0.15) is 16.2 Å². The lowest BCUT2D eigenvalue weighted by atomic mass is 10.2. The largest absolute Gasteiger partial charge is 0.465 e. The number of esters is 1. The van der Waals surface area contributed by atoms with Crippen LogP contribution >= 0.6 is 0 Å². The molecule has 28 heavy (non-hydrogen) atoms. The first-order valence-corrected chi connectivity index (χ1v) is 8.65. The van der Waals surface area contributed by atoms with Crippen LogP contribution in [0.3, 0.4) is 0 Å². The quantitative estimate of drug-likeness (QED) is 0.660. The summed E-state index contributed by atoms with van der Waals surface area (Å²) in [6.07, 6.45) is 0.460. The van der Waals surface area contributed by atoms with Gasteiger partial charge < -0.3 is 19.5 Å². The normalized spacial score (nSPS) is 10.4. The van der Waals surface area contributed by atoms with E-state index in [-0.39, 0.29) is 6.03 Å². The van der Waals surface area contributed by atoms with Gasteiger partial charge in [0.25, 0.3) is 5.89 Å². The van der Waals surface area contributed by atoms with Crippen LogP contribution in [0.4, 0.5) is 10.5 Å². The Morgan fingerprint density at radius 3 is 2.50 bits per heavy atom. The van der Waals surface area contributed by atoms with Crippen LogP contribution in [0.5, 0.6) is 0 Å². The van der Waals surface area contributed by atoms with E-state index in [2.05, 4.69) is 20.2 Å². The second-order valence-electron chi connectivity index (χ2n) is 6.05. The fourth-order valence-electron chi connectivity index (χ4n) is 2.45. The molecule has 0 fully saturated rings. The summed E-state index contributed by atoms with van der Waals surface area (Å²) in [6.45, 7) is 0.417. The van der Waals surface area contributed by atoms with Gasteiger partial charge >= 0.3 is 12.0 Å². The number of nitrogens with one attached hydrogen (secondary N) is 1. The van der Waals surface area contributed by atoms with Crippen molar-refractivity contribution in [2.45, 2.75) is 6.42 Å². The number of carbonyl (C=O) groups is 2. The first kappa shape index (κ1) is 19.1. The highest BCUT2D eigenvalue weighted by atomic mass is 16.5. The molecular weight excluding hydrogens is 360 g/mol. The molecule has 0 saturated carbocycles. The number of hydrogen-bond donors (Lipinski definition) is 1. The second kappa shape index (κ2) is 8.81. The third-order valence-corrected chi connectivity index (χ3v) is 4.06. The van der Waals surface area contributed by atoms with Gasteiger partial charge in [0.05, 0.1) is 12.7 Å². The maximum atomic E-state index is 12.3. The summed E-state index contributed by atoms with van der Waals surface area (Å²) >= 11 is 0. The fourth-order valence-corrected chi connectivity index (χ4v) is 2.45. The van der Waals surface area contributed by atoms with Gasteiger partial charge in [-0.25, -0.2) is 9.59 Å². The first-order chi connectivity index (χ1) is 13.6. The molecule has 0 radical (unpaired) electrons. The van der Waals surface area contributed by atoms with Crippen molar-refractivity contribution in [2.24, 2.45) is 0 Å². The number of ether oxygens (including phenoxy) is 1. The van der Waals surface area contributed by atoms with Crippen molar-refractivity contribution in [1.29, 1.82) is 0 Å². The van der Waals surface area contributed by atoms with Crippen LogP contribution in [-0.2, 0) is 11.2 Å². The lowest BCUT2D eigenvalue weighted by Crippen LogP contribution is -2.33. The van der Waals surface area contributed by atoms with E-state index in [1.807, 2.05) is 30.3 Å². The van der Waals surface area contributed by atoms with Crippen LogP contribution in [0.25, 0.3) is 11.5 Å².